The number of carboxylic acids is 1. The second-order valence-corrected chi connectivity index (χ2v) is 7.49. The number of aryl methyl sites for hydroxylation is 2. The zero-order valence-electron chi connectivity index (χ0n) is 13.3. The topological polar surface area (TPSA) is 66.4 Å². The van der Waals surface area contributed by atoms with E-state index in [1.165, 1.54) is 35.3 Å². The van der Waals surface area contributed by atoms with E-state index in [1.54, 1.807) is 0 Å². The van der Waals surface area contributed by atoms with Crippen LogP contribution < -0.4 is 5.32 Å². The number of hydrogen-bond acceptors (Lipinski definition) is 3. The Morgan fingerprint density at radius 3 is 2.58 bits per heavy atom. The summed E-state index contributed by atoms with van der Waals surface area (Å²) in [5, 5.41) is 14.8. The van der Waals surface area contributed by atoms with E-state index in [1.807, 2.05) is 11.4 Å². The van der Waals surface area contributed by atoms with Gasteiger partial charge in [0.15, 0.2) is 0 Å². The van der Waals surface area contributed by atoms with Gasteiger partial charge in [0, 0.05) is 16.9 Å². The van der Waals surface area contributed by atoms with Crippen LogP contribution in [0.15, 0.2) is 23.6 Å². The third-order valence-corrected chi connectivity index (χ3v) is 5.74. The molecule has 0 radical (unpaired) electrons. The summed E-state index contributed by atoms with van der Waals surface area (Å²) in [7, 11) is 0. The number of carbonyl (C=O) groups is 2. The van der Waals surface area contributed by atoms with E-state index in [4.69, 9.17) is 0 Å². The van der Waals surface area contributed by atoms with Crippen molar-refractivity contribution < 1.29 is 14.7 Å². The molecule has 1 aromatic heterocycles. The molecule has 1 heterocycles. The Morgan fingerprint density at radius 1 is 1.12 bits per heavy atom. The summed E-state index contributed by atoms with van der Waals surface area (Å²) >= 11 is 1.30. The lowest BCUT2D eigenvalue weighted by Crippen LogP contribution is -2.14. The molecule has 0 atom stereocenters. The fraction of sp³-hybridized carbons (Fsp3) is 0.368. The van der Waals surface area contributed by atoms with Crippen LogP contribution >= 0.6 is 11.3 Å². The van der Waals surface area contributed by atoms with Crippen LogP contribution in [-0.2, 0) is 17.6 Å². The average Bonchev–Trinajstić information content (AvgIpc) is 3.35. The third kappa shape index (κ3) is 2.84. The number of thiophene rings is 1. The lowest BCUT2D eigenvalue weighted by atomic mass is 9.89. The molecule has 4 rings (SSSR count). The summed E-state index contributed by atoms with van der Waals surface area (Å²) in [4.78, 5) is 23.8. The van der Waals surface area contributed by atoms with Crippen molar-refractivity contribution in [3.05, 3.63) is 40.3 Å². The van der Waals surface area contributed by atoms with Gasteiger partial charge in [0.2, 0.25) is 5.91 Å². The van der Waals surface area contributed by atoms with E-state index >= 15 is 0 Å². The summed E-state index contributed by atoms with van der Waals surface area (Å²) in [6.45, 7) is 0. The van der Waals surface area contributed by atoms with E-state index in [-0.39, 0.29) is 17.4 Å². The number of carbonyl (C=O) groups excluding carboxylic acids is 1. The number of benzene rings is 1. The molecule has 2 aliphatic rings. The van der Waals surface area contributed by atoms with E-state index in [9.17, 15) is 14.7 Å². The maximum Gasteiger partial charge on any atom is 0.339 e. The highest BCUT2D eigenvalue weighted by atomic mass is 32.1. The van der Waals surface area contributed by atoms with E-state index in [0.717, 1.165) is 31.2 Å². The lowest BCUT2D eigenvalue weighted by Gasteiger charge is -2.16. The van der Waals surface area contributed by atoms with Crippen molar-refractivity contribution in [2.24, 2.45) is 5.92 Å². The number of rotatable bonds is 4. The van der Waals surface area contributed by atoms with Gasteiger partial charge < -0.3 is 10.4 Å². The number of nitrogens with one attached hydrogen (secondary N) is 1. The minimum Gasteiger partial charge on any atom is -0.478 e. The predicted molar refractivity (Wildman–Crippen MR) is 94.7 cm³/mol. The van der Waals surface area contributed by atoms with Crippen molar-refractivity contribution in [1.82, 2.24) is 0 Å². The number of amides is 1. The average molecular weight is 341 g/mol. The summed E-state index contributed by atoms with van der Waals surface area (Å²) in [6, 6.07) is 6.25. The highest BCUT2D eigenvalue weighted by Gasteiger charge is 2.31. The molecule has 0 bridgehead atoms. The van der Waals surface area contributed by atoms with Crippen LogP contribution in [0.25, 0.3) is 11.1 Å². The quantitative estimate of drug-likeness (QED) is 0.869. The highest BCUT2D eigenvalue weighted by molar-refractivity contribution is 7.15. The molecule has 124 valence electrons. The monoisotopic (exact) mass is 341 g/mol. The third-order valence-electron chi connectivity index (χ3n) is 4.85. The molecule has 0 saturated heterocycles. The van der Waals surface area contributed by atoms with Crippen molar-refractivity contribution >= 4 is 28.2 Å². The fourth-order valence-electron chi connectivity index (χ4n) is 3.34. The van der Waals surface area contributed by atoms with Crippen LogP contribution in [-0.4, -0.2) is 17.0 Å². The van der Waals surface area contributed by atoms with Crippen LogP contribution in [0, 0.1) is 5.92 Å². The van der Waals surface area contributed by atoms with Crippen molar-refractivity contribution in [1.29, 1.82) is 0 Å². The SMILES string of the molecule is O=C(O)c1c(-c2ccc3c(c2)CCCC3)csc1NC(=O)C1CC1. The minimum atomic E-state index is -0.991. The molecule has 1 saturated carbocycles. The molecule has 24 heavy (non-hydrogen) atoms. The Balaban J connectivity index is 1.71. The Labute approximate surface area is 144 Å². The Morgan fingerprint density at radius 2 is 1.88 bits per heavy atom. The van der Waals surface area contributed by atoms with Crippen LogP contribution in [0.3, 0.4) is 0 Å². The number of anilines is 1. The molecule has 0 spiro atoms. The minimum absolute atomic E-state index is 0.0564. The normalized spacial score (nSPS) is 16.5. The zero-order valence-corrected chi connectivity index (χ0v) is 14.1. The van der Waals surface area contributed by atoms with Gasteiger partial charge in [-0.05, 0) is 55.2 Å². The molecular weight excluding hydrogens is 322 g/mol. The van der Waals surface area contributed by atoms with E-state index < -0.39 is 5.97 Å². The number of carboxylic acid groups (broad SMARTS) is 1. The Hall–Kier alpha value is -2.14. The van der Waals surface area contributed by atoms with Gasteiger partial charge in [0.05, 0.1) is 0 Å². The second-order valence-electron chi connectivity index (χ2n) is 6.61. The zero-order chi connectivity index (χ0) is 16.7. The predicted octanol–water partition coefficient (Wildman–Crippen LogP) is 4.34. The number of hydrogen-bond donors (Lipinski definition) is 2. The van der Waals surface area contributed by atoms with Gasteiger partial charge in [0.25, 0.3) is 0 Å². The van der Waals surface area contributed by atoms with Gasteiger partial charge in [-0.1, -0.05) is 18.2 Å². The van der Waals surface area contributed by atoms with Gasteiger partial charge in [-0.25, -0.2) is 4.79 Å². The molecule has 1 aromatic carbocycles. The smallest absolute Gasteiger partial charge is 0.339 e. The van der Waals surface area contributed by atoms with Gasteiger partial charge >= 0.3 is 5.97 Å². The lowest BCUT2D eigenvalue weighted by molar-refractivity contribution is -0.117. The number of fused-ring (bicyclic) bond motifs is 1. The van der Waals surface area contributed by atoms with Crippen LogP contribution in [0.1, 0.15) is 47.2 Å². The molecule has 2 aliphatic carbocycles. The molecule has 2 aromatic rings. The first kappa shape index (κ1) is 15.4. The van der Waals surface area contributed by atoms with Crippen molar-refractivity contribution in [3.63, 3.8) is 0 Å². The van der Waals surface area contributed by atoms with Gasteiger partial charge in [-0.2, -0.15) is 0 Å². The fourth-order valence-corrected chi connectivity index (χ4v) is 4.30. The van der Waals surface area contributed by atoms with Gasteiger partial charge in [-0.3, -0.25) is 4.79 Å². The van der Waals surface area contributed by atoms with Crippen molar-refractivity contribution in [2.75, 3.05) is 5.32 Å². The first-order chi connectivity index (χ1) is 11.6. The summed E-state index contributed by atoms with van der Waals surface area (Å²) in [5.41, 5.74) is 4.54. The first-order valence-corrected chi connectivity index (χ1v) is 9.29. The summed E-state index contributed by atoms with van der Waals surface area (Å²) in [6.07, 6.45) is 6.38. The first-order valence-electron chi connectivity index (χ1n) is 8.41. The van der Waals surface area contributed by atoms with Crippen LogP contribution in [0.2, 0.25) is 0 Å². The summed E-state index contributed by atoms with van der Waals surface area (Å²) in [5.74, 6) is -0.993. The largest absolute Gasteiger partial charge is 0.478 e. The molecule has 4 nitrogen and oxygen atoms in total. The second kappa shape index (κ2) is 6.06. The van der Waals surface area contributed by atoms with Gasteiger partial charge in [-0.15, -0.1) is 11.3 Å². The Bertz CT molecular complexity index is 820. The van der Waals surface area contributed by atoms with Crippen molar-refractivity contribution in [3.8, 4) is 11.1 Å². The molecule has 1 fully saturated rings. The highest BCUT2D eigenvalue weighted by Crippen LogP contribution is 2.38. The van der Waals surface area contributed by atoms with E-state index in [2.05, 4.69) is 17.4 Å². The van der Waals surface area contributed by atoms with Crippen molar-refractivity contribution in [2.45, 2.75) is 38.5 Å². The maximum atomic E-state index is 12.0. The molecular formula is C19H19NO3S. The van der Waals surface area contributed by atoms with Crippen LogP contribution in [0.5, 0.6) is 0 Å². The standard InChI is InChI=1S/C19H19NO3S/c21-17(12-6-7-12)20-18-16(19(22)23)15(10-24-18)14-8-5-11-3-1-2-4-13(11)9-14/h5,8-10,12H,1-4,6-7H2,(H,20,21)(H,22,23). The molecule has 0 aliphatic heterocycles. The van der Waals surface area contributed by atoms with Gasteiger partial charge in [0.1, 0.15) is 10.6 Å². The Kier molecular flexibility index (Phi) is 3.88. The maximum absolute atomic E-state index is 12.0. The molecule has 1 amide bonds. The summed E-state index contributed by atoms with van der Waals surface area (Å²) < 4.78 is 0. The van der Waals surface area contributed by atoms with E-state index in [0.29, 0.717) is 10.6 Å². The van der Waals surface area contributed by atoms with Crippen LogP contribution in [0.4, 0.5) is 5.00 Å². The molecule has 2 N–H and O–H groups in total. The number of aromatic carboxylic acids is 1. The molecule has 5 heteroatoms. The molecule has 0 unspecified atom stereocenters.